The van der Waals surface area contributed by atoms with E-state index in [2.05, 4.69) is 46.6 Å². The van der Waals surface area contributed by atoms with Gasteiger partial charge in [0.2, 0.25) is 11.9 Å². The van der Waals surface area contributed by atoms with Gasteiger partial charge in [0.15, 0.2) is 0 Å². The number of anilines is 2. The van der Waals surface area contributed by atoms with E-state index in [1.807, 2.05) is 22.9 Å². The first-order chi connectivity index (χ1) is 12.0. The number of rotatable bonds is 2. The average Bonchev–Trinajstić information content (AvgIpc) is 2.96. The highest BCUT2D eigenvalue weighted by molar-refractivity contribution is 6.42. The fourth-order valence-electron chi connectivity index (χ4n) is 3.30. The molecule has 0 saturated heterocycles. The average molecular weight is 374 g/mol. The van der Waals surface area contributed by atoms with Crippen molar-refractivity contribution in [2.75, 3.05) is 11.1 Å². The monoisotopic (exact) mass is 373 g/mol. The number of aryl methyl sites for hydroxylation is 1. The molecular weight excluding hydrogens is 357 g/mol. The number of benzene rings is 2. The molecule has 1 aliphatic heterocycles. The SMILES string of the molecule is Cc1cccc([C@H]2C[C@H](c3ccc(Cl)c(Cl)c3)Nc3nc(N)nn32)c1. The smallest absolute Gasteiger partial charge is 0.241 e. The van der Waals surface area contributed by atoms with Gasteiger partial charge in [-0.2, -0.15) is 4.98 Å². The van der Waals surface area contributed by atoms with Gasteiger partial charge in [-0.3, -0.25) is 0 Å². The molecule has 1 aromatic heterocycles. The number of halogens is 2. The maximum Gasteiger partial charge on any atom is 0.241 e. The Bertz CT molecular complexity index is 937. The van der Waals surface area contributed by atoms with Crippen LogP contribution in [0.5, 0.6) is 0 Å². The molecule has 25 heavy (non-hydrogen) atoms. The van der Waals surface area contributed by atoms with Crippen LogP contribution in [0.25, 0.3) is 0 Å². The second-order valence-electron chi connectivity index (χ2n) is 6.27. The van der Waals surface area contributed by atoms with Crippen molar-refractivity contribution in [3.05, 3.63) is 69.2 Å². The van der Waals surface area contributed by atoms with Crippen molar-refractivity contribution in [3.8, 4) is 0 Å². The molecule has 0 aliphatic carbocycles. The summed E-state index contributed by atoms with van der Waals surface area (Å²) in [7, 11) is 0. The molecule has 2 atom stereocenters. The van der Waals surface area contributed by atoms with Crippen molar-refractivity contribution in [3.63, 3.8) is 0 Å². The lowest BCUT2D eigenvalue weighted by molar-refractivity contribution is 0.431. The van der Waals surface area contributed by atoms with E-state index in [9.17, 15) is 0 Å². The molecule has 0 saturated carbocycles. The number of nitrogens with zero attached hydrogens (tertiary/aromatic N) is 3. The van der Waals surface area contributed by atoms with Gasteiger partial charge in [-0.05, 0) is 36.6 Å². The van der Waals surface area contributed by atoms with Crippen LogP contribution in [0, 0.1) is 6.92 Å². The number of nitrogen functional groups attached to an aromatic ring is 1. The fourth-order valence-corrected chi connectivity index (χ4v) is 3.60. The number of nitrogens with two attached hydrogens (primary N) is 1. The summed E-state index contributed by atoms with van der Waals surface area (Å²) >= 11 is 12.2. The Hall–Kier alpha value is -2.24. The lowest BCUT2D eigenvalue weighted by Gasteiger charge is -2.32. The van der Waals surface area contributed by atoms with Crippen molar-refractivity contribution in [2.24, 2.45) is 0 Å². The van der Waals surface area contributed by atoms with Crippen LogP contribution in [0.15, 0.2) is 42.5 Å². The Kier molecular flexibility index (Phi) is 4.06. The van der Waals surface area contributed by atoms with Gasteiger partial charge < -0.3 is 11.1 Å². The van der Waals surface area contributed by atoms with Gasteiger partial charge in [-0.25, -0.2) is 4.68 Å². The zero-order chi connectivity index (χ0) is 17.6. The lowest BCUT2D eigenvalue weighted by Crippen LogP contribution is -2.28. The zero-order valence-corrected chi connectivity index (χ0v) is 15.1. The molecule has 0 radical (unpaired) electrons. The summed E-state index contributed by atoms with van der Waals surface area (Å²) in [5.41, 5.74) is 9.27. The number of hydrogen-bond acceptors (Lipinski definition) is 4. The Morgan fingerprint density at radius 1 is 1.12 bits per heavy atom. The minimum atomic E-state index is 0.0383. The zero-order valence-electron chi connectivity index (χ0n) is 13.6. The molecule has 7 heteroatoms. The molecule has 2 heterocycles. The van der Waals surface area contributed by atoms with Crippen LogP contribution in [0.2, 0.25) is 10.0 Å². The van der Waals surface area contributed by atoms with E-state index < -0.39 is 0 Å². The van der Waals surface area contributed by atoms with Crippen molar-refractivity contribution in [1.82, 2.24) is 14.8 Å². The van der Waals surface area contributed by atoms with Gasteiger partial charge in [0.25, 0.3) is 0 Å². The topological polar surface area (TPSA) is 68.8 Å². The van der Waals surface area contributed by atoms with Crippen molar-refractivity contribution >= 4 is 35.1 Å². The summed E-state index contributed by atoms with van der Waals surface area (Å²) in [6, 6.07) is 14.2. The Labute approximate surface area is 155 Å². The predicted octanol–water partition coefficient (Wildman–Crippen LogP) is 4.62. The third kappa shape index (κ3) is 3.05. The van der Waals surface area contributed by atoms with Crippen LogP contribution in [0.3, 0.4) is 0 Å². The number of aromatic nitrogens is 3. The molecular formula is C18H17Cl2N5. The number of nitrogens with one attached hydrogen (secondary N) is 1. The van der Waals surface area contributed by atoms with Gasteiger partial charge in [0, 0.05) is 0 Å². The summed E-state index contributed by atoms with van der Waals surface area (Å²) in [6.07, 6.45) is 0.803. The van der Waals surface area contributed by atoms with E-state index in [0.29, 0.717) is 16.0 Å². The van der Waals surface area contributed by atoms with Crippen LogP contribution < -0.4 is 11.1 Å². The third-order valence-electron chi connectivity index (χ3n) is 4.48. The van der Waals surface area contributed by atoms with Crippen LogP contribution in [0.1, 0.15) is 35.2 Å². The lowest BCUT2D eigenvalue weighted by atomic mass is 9.93. The standard InChI is InChI=1S/C18H17Cl2N5/c1-10-3-2-4-12(7-10)16-9-15(11-5-6-13(19)14(20)8-11)22-18-23-17(21)24-25(16)18/h2-8,15-16H,9H2,1H3,(H3,21,22,23,24)/t15-,16-/m1/s1. The highest BCUT2D eigenvalue weighted by Gasteiger charge is 2.31. The first-order valence-corrected chi connectivity index (χ1v) is 8.77. The summed E-state index contributed by atoms with van der Waals surface area (Å²) < 4.78 is 1.86. The van der Waals surface area contributed by atoms with Gasteiger partial charge in [0.05, 0.1) is 22.1 Å². The van der Waals surface area contributed by atoms with Gasteiger partial charge in [-0.1, -0.05) is 59.1 Å². The molecule has 4 rings (SSSR count). The van der Waals surface area contributed by atoms with E-state index in [0.717, 1.165) is 12.0 Å². The Morgan fingerprint density at radius 3 is 2.72 bits per heavy atom. The first-order valence-electron chi connectivity index (χ1n) is 8.01. The van der Waals surface area contributed by atoms with Crippen LogP contribution in [-0.4, -0.2) is 14.8 Å². The minimum Gasteiger partial charge on any atom is -0.366 e. The van der Waals surface area contributed by atoms with E-state index >= 15 is 0 Å². The van der Waals surface area contributed by atoms with Crippen LogP contribution >= 0.6 is 23.2 Å². The normalized spacial score (nSPS) is 19.3. The van der Waals surface area contributed by atoms with E-state index in [-0.39, 0.29) is 18.0 Å². The van der Waals surface area contributed by atoms with Gasteiger partial charge in [-0.15, -0.1) is 5.10 Å². The summed E-state index contributed by atoms with van der Waals surface area (Å²) in [5, 5.41) is 8.86. The predicted molar refractivity (Wildman–Crippen MR) is 101 cm³/mol. The highest BCUT2D eigenvalue weighted by atomic mass is 35.5. The maximum absolute atomic E-state index is 6.20. The quantitative estimate of drug-likeness (QED) is 0.687. The molecule has 0 unspecified atom stereocenters. The summed E-state index contributed by atoms with van der Waals surface area (Å²) in [6.45, 7) is 2.08. The van der Waals surface area contributed by atoms with Crippen molar-refractivity contribution in [2.45, 2.75) is 25.4 Å². The maximum atomic E-state index is 6.20. The number of fused-ring (bicyclic) bond motifs is 1. The Balaban J connectivity index is 1.77. The van der Waals surface area contributed by atoms with Gasteiger partial charge in [0.1, 0.15) is 0 Å². The first kappa shape index (κ1) is 16.2. The second kappa shape index (κ2) is 6.24. The second-order valence-corrected chi connectivity index (χ2v) is 7.09. The molecule has 128 valence electrons. The molecule has 3 N–H and O–H groups in total. The largest absolute Gasteiger partial charge is 0.366 e. The van der Waals surface area contributed by atoms with Crippen LogP contribution in [-0.2, 0) is 0 Å². The fraction of sp³-hybridized carbons (Fsp3) is 0.222. The Morgan fingerprint density at radius 2 is 1.96 bits per heavy atom. The summed E-state index contributed by atoms with van der Waals surface area (Å²) in [5.74, 6) is 0.918. The van der Waals surface area contributed by atoms with Crippen molar-refractivity contribution in [1.29, 1.82) is 0 Å². The molecule has 3 aromatic rings. The molecule has 0 bridgehead atoms. The van der Waals surface area contributed by atoms with Gasteiger partial charge >= 0.3 is 0 Å². The number of hydrogen-bond donors (Lipinski definition) is 2. The molecule has 5 nitrogen and oxygen atoms in total. The summed E-state index contributed by atoms with van der Waals surface area (Å²) in [4.78, 5) is 4.32. The molecule has 0 fully saturated rings. The minimum absolute atomic E-state index is 0.0383. The molecule has 0 amide bonds. The van der Waals surface area contributed by atoms with E-state index in [4.69, 9.17) is 28.9 Å². The van der Waals surface area contributed by atoms with E-state index in [1.54, 1.807) is 0 Å². The molecule has 1 aliphatic rings. The molecule has 0 spiro atoms. The van der Waals surface area contributed by atoms with Crippen LogP contribution in [0.4, 0.5) is 11.9 Å². The highest BCUT2D eigenvalue weighted by Crippen LogP contribution is 2.39. The van der Waals surface area contributed by atoms with Crippen molar-refractivity contribution < 1.29 is 0 Å². The molecule has 2 aromatic carbocycles. The van der Waals surface area contributed by atoms with E-state index in [1.165, 1.54) is 11.1 Å². The third-order valence-corrected chi connectivity index (χ3v) is 5.22.